The van der Waals surface area contributed by atoms with Gasteiger partial charge in [0.25, 0.3) is 17.0 Å². The number of carbonyl (C=O) groups excluding carboxylic acids is 2. The fourth-order valence-electron chi connectivity index (χ4n) is 5.41. The van der Waals surface area contributed by atoms with Gasteiger partial charge in [-0.2, -0.15) is 0 Å². The number of amides is 1. The highest BCUT2D eigenvalue weighted by Crippen LogP contribution is 2.21. The number of aromatic amines is 2. The summed E-state index contributed by atoms with van der Waals surface area (Å²) in [5.41, 5.74) is 12.0. The van der Waals surface area contributed by atoms with E-state index in [-0.39, 0.29) is 112 Å². The van der Waals surface area contributed by atoms with Crippen LogP contribution in [0.15, 0.2) is 76.3 Å². The summed E-state index contributed by atoms with van der Waals surface area (Å²) in [6.45, 7) is 3.13. The number of rotatable bonds is 6. The van der Waals surface area contributed by atoms with Crippen LogP contribution >= 0.6 is 0 Å². The average Bonchev–Trinajstić information content (AvgIpc) is 3.30. The molecule has 3 aromatic heterocycles. The number of nitrogens with one attached hydrogen (secondary N) is 3. The number of carboxylic acids is 1. The molecule has 28 heteroatoms. The number of carboxylic acid groups (broad SMARTS) is 1. The van der Waals surface area contributed by atoms with Crippen molar-refractivity contribution in [2.45, 2.75) is 57.5 Å². The number of H-pyrrole nitrogens is 2. The van der Waals surface area contributed by atoms with E-state index in [9.17, 15) is 67.9 Å². The normalized spacial score (nSPS) is 9.73. The van der Waals surface area contributed by atoms with Gasteiger partial charge in [0.2, 0.25) is 11.4 Å². The second-order valence-corrected chi connectivity index (χ2v) is 13.7. The minimum absolute atomic E-state index is 0. The summed E-state index contributed by atoms with van der Waals surface area (Å²) in [6, 6.07) is 9.61. The number of nitrogens with zero attached hydrogens (tertiary/aromatic N) is 4. The second-order valence-electron chi connectivity index (χ2n) is 13.7. The molecule has 0 spiro atoms. The molecule has 11 N–H and O–H groups in total. The van der Waals surface area contributed by atoms with Crippen LogP contribution in [0.5, 0.6) is 0 Å². The van der Waals surface area contributed by atoms with Gasteiger partial charge in [-0.05, 0) is 26.0 Å². The monoisotopic (exact) mass is 1100 g/mol. The number of nitrogen functional groups attached to an aromatic ring is 3. The van der Waals surface area contributed by atoms with E-state index in [1.54, 1.807) is 13.8 Å². The summed E-state index contributed by atoms with van der Waals surface area (Å²) in [7, 11) is 0. The van der Waals surface area contributed by atoms with Gasteiger partial charge < -0.3 is 47.4 Å². The number of aromatic carboxylic acids is 1. The maximum absolute atomic E-state index is 13.6. The van der Waals surface area contributed by atoms with E-state index in [0.29, 0.717) is 6.07 Å². The molecule has 0 fully saturated rings. The lowest BCUT2D eigenvalue weighted by atomic mass is 10.2. The maximum Gasteiger partial charge on any atom is 0.362 e. The zero-order valence-corrected chi connectivity index (χ0v) is 36.6. The molecule has 0 atom stereocenters. The van der Waals surface area contributed by atoms with Crippen LogP contribution in [0.1, 0.15) is 88.0 Å². The lowest BCUT2D eigenvalue weighted by Gasteiger charge is -2.09. The van der Waals surface area contributed by atoms with Crippen LogP contribution in [0.4, 0.5) is 61.1 Å². The Bertz CT molecular complexity index is 3410. The third-order valence-electron chi connectivity index (χ3n) is 8.70. The molecule has 0 saturated heterocycles. The summed E-state index contributed by atoms with van der Waals surface area (Å²) in [5.74, 6) is -14.1. The van der Waals surface area contributed by atoms with Crippen molar-refractivity contribution in [3.63, 3.8) is 0 Å². The first-order valence-corrected chi connectivity index (χ1v) is 19.8. The Morgan fingerprint density at radius 2 is 0.896 bits per heavy atom. The third kappa shape index (κ3) is 18.0. The Hall–Kier alpha value is -9.21. The van der Waals surface area contributed by atoms with E-state index in [1.165, 1.54) is 6.07 Å². The van der Waals surface area contributed by atoms with E-state index >= 15 is 0 Å². The molecule has 418 valence electrons. The number of aromatic nitrogens is 6. The highest BCUT2D eigenvalue weighted by atomic mass is 19.2. The Balaban J connectivity index is 0. The van der Waals surface area contributed by atoms with Crippen LogP contribution in [-0.2, 0) is 11.3 Å². The summed E-state index contributed by atoms with van der Waals surface area (Å²) in [5, 5.41) is 18.4. The Labute approximate surface area is 432 Å². The van der Waals surface area contributed by atoms with Crippen LogP contribution in [0.2, 0.25) is 0 Å². The number of ether oxygens (including phenoxy) is 1. The van der Waals surface area contributed by atoms with Crippen LogP contribution in [-0.4, -0.2) is 71.2 Å². The van der Waals surface area contributed by atoms with E-state index < -0.39 is 105 Å². The number of fused-ring (bicyclic) bond motifs is 3. The summed E-state index contributed by atoms with van der Waals surface area (Å²) >= 11 is 0. The van der Waals surface area contributed by atoms with E-state index in [4.69, 9.17) is 27.4 Å². The molecule has 8 aromatic rings. The van der Waals surface area contributed by atoms with Crippen molar-refractivity contribution < 1.29 is 73.2 Å². The van der Waals surface area contributed by atoms with Gasteiger partial charge in [0, 0.05) is 67.2 Å². The first kappa shape index (κ1) is 69.9. The van der Waals surface area contributed by atoms with Crippen molar-refractivity contribution >= 4 is 68.1 Å². The standard InChI is InChI=1S/C16H10F4N4O.C11H8F2N2O3.C9H4F2N2O3.C6H6F2N2.C2H6O.5CH4/c17-8-2-1-3-9(18)7(8)6-22-16(25)14-15(21)24-13-5-11(20)10(19)4-12(13)23-14;1-2-18-11(17)9-10(16)15-8-4-6(13)5(12)3-7(8)14-9;10-3-1-5-6(2-4(3)11)13-8(14)7(12-5)9(15)16;7-3-1-5(9)6(10)2-4(3)8;1-2-3;;;;;/h1-5H,6H2,(H2,21,24)(H,22,25);3-4H,2H2,1H3,(H,15,16);1-2H,(H,13,14)(H,15,16);1-2H,9-10H2;3H,2H2,1H3;5*1H4. The molecule has 5 aromatic carbocycles. The lowest BCUT2D eigenvalue weighted by Crippen LogP contribution is -2.26. The zero-order chi connectivity index (χ0) is 53.7. The van der Waals surface area contributed by atoms with Crippen LogP contribution < -0.4 is 33.6 Å². The molecule has 3 heterocycles. The van der Waals surface area contributed by atoms with Gasteiger partial charge >= 0.3 is 11.9 Å². The minimum Gasteiger partial charge on any atom is -0.476 e. The summed E-state index contributed by atoms with van der Waals surface area (Å²) in [6.07, 6.45) is 0. The second kappa shape index (κ2) is 30.9. The van der Waals surface area contributed by atoms with Crippen molar-refractivity contribution in [2.75, 3.05) is 30.4 Å². The molecule has 1 amide bonds. The number of aliphatic hydroxyl groups excluding tert-OH is 1. The molecule has 0 radical (unpaired) electrons. The molecule has 0 aliphatic carbocycles. The van der Waals surface area contributed by atoms with Crippen molar-refractivity contribution in [1.29, 1.82) is 0 Å². The van der Waals surface area contributed by atoms with Crippen LogP contribution in [0.25, 0.3) is 33.1 Å². The quantitative estimate of drug-likeness (QED) is 0.0437. The Morgan fingerprint density at radius 3 is 1.31 bits per heavy atom. The number of hydrogen-bond donors (Lipinski definition) is 8. The fourth-order valence-corrected chi connectivity index (χ4v) is 5.41. The van der Waals surface area contributed by atoms with E-state index in [0.717, 1.165) is 54.6 Å². The number of nitrogens with two attached hydrogens (primary N) is 3. The first-order chi connectivity index (χ1) is 33.9. The number of hydrogen-bond acceptors (Lipinski definition) is 14. The molecule has 0 bridgehead atoms. The third-order valence-corrected chi connectivity index (χ3v) is 8.70. The predicted molar refractivity (Wildman–Crippen MR) is 270 cm³/mol. The number of aliphatic hydroxyl groups is 1. The van der Waals surface area contributed by atoms with Crippen molar-refractivity contribution in [2.24, 2.45) is 0 Å². The van der Waals surface area contributed by atoms with Gasteiger partial charge in [-0.25, -0.2) is 73.4 Å². The highest BCUT2D eigenvalue weighted by Gasteiger charge is 2.19. The molecule has 0 aliphatic rings. The van der Waals surface area contributed by atoms with Crippen LogP contribution in [0, 0.1) is 58.2 Å². The molecular weight excluding hydrogens is 1050 g/mol. The van der Waals surface area contributed by atoms with Gasteiger partial charge in [-0.15, -0.1) is 0 Å². The molecule has 77 heavy (non-hydrogen) atoms. The smallest absolute Gasteiger partial charge is 0.362 e. The van der Waals surface area contributed by atoms with Crippen molar-refractivity contribution in [3.8, 4) is 0 Å². The zero-order valence-electron chi connectivity index (χ0n) is 36.6. The largest absolute Gasteiger partial charge is 0.476 e. The number of benzene rings is 5. The Kier molecular flexibility index (Phi) is 28.0. The van der Waals surface area contributed by atoms with E-state index in [1.807, 2.05) is 0 Å². The number of halogens is 10. The Morgan fingerprint density at radius 1 is 0.545 bits per heavy atom. The molecule has 0 unspecified atom stereocenters. The van der Waals surface area contributed by atoms with Gasteiger partial charge in [-0.3, -0.25) is 14.4 Å². The van der Waals surface area contributed by atoms with Gasteiger partial charge in [-0.1, -0.05) is 43.2 Å². The maximum atomic E-state index is 13.6. The summed E-state index contributed by atoms with van der Waals surface area (Å²) in [4.78, 5) is 75.8. The lowest BCUT2D eigenvalue weighted by molar-refractivity contribution is 0.0517. The number of carbonyl (C=O) groups is 3. The van der Waals surface area contributed by atoms with E-state index in [2.05, 4.69) is 40.0 Å². The molecular formula is C49H54F10N10O8. The molecule has 8 rings (SSSR count). The van der Waals surface area contributed by atoms with Crippen LogP contribution in [0.3, 0.4) is 0 Å². The van der Waals surface area contributed by atoms with Gasteiger partial charge in [0.1, 0.15) is 11.6 Å². The average molecular weight is 1100 g/mol. The molecule has 18 nitrogen and oxygen atoms in total. The highest BCUT2D eigenvalue weighted by molar-refractivity contribution is 5.98. The van der Waals surface area contributed by atoms with Crippen molar-refractivity contribution in [3.05, 3.63) is 168 Å². The fraction of sp³-hybridized carbons (Fsp3) is 0.204. The van der Waals surface area contributed by atoms with Gasteiger partial charge in [0.15, 0.2) is 58.0 Å². The molecule has 0 saturated carbocycles. The molecule has 0 aliphatic heterocycles. The summed E-state index contributed by atoms with van der Waals surface area (Å²) < 4.78 is 134. The van der Waals surface area contributed by atoms with Crippen molar-refractivity contribution in [1.82, 2.24) is 35.2 Å². The topological polar surface area (TPSA) is 308 Å². The number of anilines is 3. The number of esters is 1. The minimum atomic E-state index is -1.53. The SMILES string of the molecule is C.C.C.C.C.CCO.CCOC(=O)c1nc2cc(F)c(F)cc2[nH]c1=O.Nc1cc(F)c(F)cc1N.Nc1nc2cc(F)c(F)cc2nc1C(=O)NCc1c(F)cccc1F.O=C(O)c1nc2cc(F)c(F)cc2[nH]c1=O. The predicted octanol–water partition coefficient (Wildman–Crippen LogP) is 9.28. The van der Waals surface area contributed by atoms with Gasteiger partial charge in [0.05, 0.1) is 51.1 Å². The first-order valence-electron chi connectivity index (χ1n) is 19.8.